The van der Waals surface area contributed by atoms with Crippen molar-refractivity contribution in [1.29, 1.82) is 0 Å². The van der Waals surface area contributed by atoms with Gasteiger partial charge in [-0.15, -0.1) is 0 Å². The third-order valence-corrected chi connectivity index (χ3v) is 5.36. The summed E-state index contributed by atoms with van der Waals surface area (Å²) in [4.78, 5) is 39.0. The summed E-state index contributed by atoms with van der Waals surface area (Å²) in [7, 11) is 0. The highest BCUT2D eigenvalue weighted by atomic mass is 35.5. The maximum absolute atomic E-state index is 12.9. The normalized spacial score (nSPS) is 20.4. The second-order valence-electron chi connectivity index (χ2n) is 6.69. The number of nitrogens with zero attached hydrogens (tertiary/aromatic N) is 4. The molecule has 10 heteroatoms. The SMILES string of the molecule is Cc1ccc(N2C(=O)[C@H]3N=NN(CC(=O)Nc4ccc(Cl)cc4)[C@H]3C2=O)cc1Cl. The van der Waals surface area contributed by atoms with Gasteiger partial charge < -0.3 is 5.32 Å². The van der Waals surface area contributed by atoms with Crippen molar-refractivity contribution in [1.82, 2.24) is 5.01 Å². The summed E-state index contributed by atoms with van der Waals surface area (Å²) < 4.78 is 0. The number of benzene rings is 2. The Morgan fingerprint density at radius 1 is 1.10 bits per heavy atom. The minimum absolute atomic E-state index is 0.227. The summed E-state index contributed by atoms with van der Waals surface area (Å²) in [6, 6.07) is 9.59. The fraction of sp³-hybridized carbons (Fsp3) is 0.211. The van der Waals surface area contributed by atoms with Crippen LogP contribution in [0.3, 0.4) is 0 Å². The molecular formula is C19H15Cl2N5O3. The van der Waals surface area contributed by atoms with Crippen molar-refractivity contribution in [3.8, 4) is 0 Å². The molecule has 8 nitrogen and oxygen atoms in total. The van der Waals surface area contributed by atoms with E-state index in [1.165, 1.54) is 5.01 Å². The van der Waals surface area contributed by atoms with Crippen molar-refractivity contribution in [3.05, 3.63) is 58.1 Å². The molecule has 0 saturated carbocycles. The second kappa shape index (κ2) is 7.46. The Labute approximate surface area is 176 Å². The van der Waals surface area contributed by atoms with Gasteiger partial charge in [0.25, 0.3) is 11.8 Å². The Morgan fingerprint density at radius 3 is 2.52 bits per heavy atom. The first-order valence-corrected chi connectivity index (χ1v) is 9.47. The van der Waals surface area contributed by atoms with E-state index < -0.39 is 29.8 Å². The molecule has 2 aromatic rings. The number of rotatable bonds is 4. The molecule has 2 heterocycles. The highest BCUT2D eigenvalue weighted by molar-refractivity contribution is 6.32. The molecular weight excluding hydrogens is 417 g/mol. The molecule has 1 N–H and O–H groups in total. The van der Waals surface area contributed by atoms with E-state index in [0.29, 0.717) is 21.4 Å². The molecule has 0 radical (unpaired) electrons. The van der Waals surface area contributed by atoms with Crippen molar-refractivity contribution in [2.45, 2.75) is 19.0 Å². The molecule has 0 aromatic heterocycles. The lowest BCUT2D eigenvalue weighted by Crippen LogP contribution is -2.43. The van der Waals surface area contributed by atoms with Crippen LogP contribution >= 0.6 is 23.2 Å². The molecule has 0 unspecified atom stereocenters. The number of halogens is 2. The minimum Gasteiger partial charge on any atom is -0.324 e. The van der Waals surface area contributed by atoms with Crippen molar-refractivity contribution >= 4 is 52.3 Å². The van der Waals surface area contributed by atoms with Gasteiger partial charge in [-0.25, -0.2) is 4.90 Å². The molecule has 148 valence electrons. The first kappa shape index (κ1) is 19.4. The number of imide groups is 1. The lowest BCUT2D eigenvalue weighted by molar-refractivity contribution is -0.123. The van der Waals surface area contributed by atoms with Gasteiger partial charge in [-0.3, -0.25) is 19.4 Å². The molecule has 1 saturated heterocycles. The van der Waals surface area contributed by atoms with Gasteiger partial charge in [0.15, 0.2) is 12.1 Å². The largest absolute Gasteiger partial charge is 0.324 e. The summed E-state index contributed by atoms with van der Waals surface area (Å²) in [5.41, 5.74) is 1.75. The summed E-state index contributed by atoms with van der Waals surface area (Å²) >= 11 is 12.0. The molecule has 1 fully saturated rings. The molecule has 4 rings (SSSR count). The smallest absolute Gasteiger partial charge is 0.263 e. The van der Waals surface area contributed by atoms with E-state index in [1.54, 1.807) is 42.5 Å². The number of nitrogens with one attached hydrogen (secondary N) is 1. The first-order valence-electron chi connectivity index (χ1n) is 8.72. The fourth-order valence-corrected chi connectivity index (χ4v) is 3.51. The number of anilines is 2. The third kappa shape index (κ3) is 3.56. The van der Waals surface area contributed by atoms with Crippen LogP contribution in [-0.4, -0.2) is 41.4 Å². The summed E-state index contributed by atoms with van der Waals surface area (Å²) in [6.07, 6.45) is 0. The van der Waals surface area contributed by atoms with Crippen LogP contribution in [-0.2, 0) is 14.4 Å². The van der Waals surface area contributed by atoms with E-state index in [4.69, 9.17) is 23.2 Å². The highest BCUT2D eigenvalue weighted by Gasteiger charge is 2.55. The van der Waals surface area contributed by atoms with Crippen molar-refractivity contribution in [2.75, 3.05) is 16.8 Å². The van der Waals surface area contributed by atoms with Gasteiger partial charge >= 0.3 is 0 Å². The van der Waals surface area contributed by atoms with Crippen LogP contribution in [0.5, 0.6) is 0 Å². The standard InChI is InChI=1S/C19H15Cl2N5O3/c1-10-2-7-13(8-14(10)21)26-18(28)16-17(19(26)29)25(24-23-16)9-15(27)22-12-5-3-11(20)4-6-12/h2-8,16-17H,9H2,1H3,(H,22,27)/t16-,17+/m0/s1. The van der Waals surface area contributed by atoms with Crippen molar-refractivity contribution in [2.24, 2.45) is 10.3 Å². The van der Waals surface area contributed by atoms with Gasteiger partial charge in [-0.05, 0) is 48.9 Å². The van der Waals surface area contributed by atoms with Gasteiger partial charge in [0.05, 0.1) is 5.69 Å². The Morgan fingerprint density at radius 2 is 1.83 bits per heavy atom. The Balaban J connectivity index is 1.49. The van der Waals surface area contributed by atoms with Crippen LogP contribution in [0.4, 0.5) is 11.4 Å². The van der Waals surface area contributed by atoms with Gasteiger partial charge in [-0.2, -0.15) is 5.11 Å². The minimum atomic E-state index is -0.981. The van der Waals surface area contributed by atoms with E-state index in [0.717, 1.165) is 10.5 Å². The van der Waals surface area contributed by atoms with Gasteiger partial charge in [0, 0.05) is 15.7 Å². The first-order chi connectivity index (χ1) is 13.8. The van der Waals surface area contributed by atoms with Crippen molar-refractivity contribution in [3.63, 3.8) is 0 Å². The topological polar surface area (TPSA) is 94.4 Å². The number of aryl methyl sites for hydroxylation is 1. The van der Waals surface area contributed by atoms with Gasteiger partial charge in [-0.1, -0.05) is 34.5 Å². The Kier molecular flexibility index (Phi) is 4.97. The zero-order chi connectivity index (χ0) is 20.7. The number of carbonyl (C=O) groups excluding carboxylic acids is 3. The molecule has 0 bridgehead atoms. The molecule has 0 spiro atoms. The Hall–Kier alpha value is -2.97. The number of amides is 3. The highest BCUT2D eigenvalue weighted by Crippen LogP contribution is 2.33. The van der Waals surface area contributed by atoms with E-state index in [9.17, 15) is 14.4 Å². The lowest BCUT2D eigenvalue weighted by Gasteiger charge is -2.20. The van der Waals surface area contributed by atoms with Crippen molar-refractivity contribution < 1.29 is 14.4 Å². The number of hydrogen-bond acceptors (Lipinski definition) is 6. The predicted octanol–water partition coefficient (Wildman–Crippen LogP) is 3.23. The average molecular weight is 432 g/mol. The van der Waals surface area contributed by atoms with Crippen LogP contribution in [0.2, 0.25) is 10.0 Å². The average Bonchev–Trinajstić information content (AvgIpc) is 3.20. The number of hydrogen-bond donors (Lipinski definition) is 1. The van der Waals surface area contributed by atoms with E-state index in [1.807, 2.05) is 6.92 Å². The van der Waals surface area contributed by atoms with Gasteiger partial charge in [0.1, 0.15) is 6.54 Å². The molecule has 2 aromatic carbocycles. The molecule has 3 amide bonds. The maximum Gasteiger partial charge on any atom is 0.263 e. The van der Waals surface area contributed by atoms with Crippen LogP contribution < -0.4 is 10.2 Å². The zero-order valence-corrected chi connectivity index (χ0v) is 16.7. The second-order valence-corrected chi connectivity index (χ2v) is 7.54. The fourth-order valence-electron chi connectivity index (χ4n) is 3.21. The molecule has 2 aliphatic rings. The van der Waals surface area contributed by atoms with E-state index >= 15 is 0 Å². The lowest BCUT2D eigenvalue weighted by atomic mass is 10.1. The maximum atomic E-state index is 12.9. The summed E-state index contributed by atoms with van der Waals surface area (Å²) in [5, 5.41) is 12.7. The summed E-state index contributed by atoms with van der Waals surface area (Å²) in [6.45, 7) is 1.60. The van der Waals surface area contributed by atoms with E-state index in [-0.39, 0.29) is 6.54 Å². The van der Waals surface area contributed by atoms with Gasteiger partial charge in [0.2, 0.25) is 5.91 Å². The third-order valence-electron chi connectivity index (χ3n) is 4.71. The van der Waals surface area contributed by atoms with Crippen LogP contribution in [0.1, 0.15) is 5.56 Å². The Bertz CT molecular complexity index is 1040. The number of carbonyl (C=O) groups is 3. The molecule has 2 atom stereocenters. The molecule has 29 heavy (non-hydrogen) atoms. The predicted molar refractivity (Wildman–Crippen MR) is 108 cm³/mol. The summed E-state index contributed by atoms with van der Waals surface area (Å²) in [5.74, 6) is -1.39. The quantitative estimate of drug-likeness (QED) is 0.751. The zero-order valence-electron chi connectivity index (χ0n) is 15.2. The van der Waals surface area contributed by atoms with Crippen LogP contribution in [0.25, 0.3) is 0 Å². The molecule has 0 aliphatic carbocycles. The van der Waals surface area contributed by atoms with Crippen LogP contribution in [0, 0.1) is 6.92 Å². The monoisotopic (exact) mass is 431 g/mol. The number of fused-ring (bicyclic) bond motifs is 1. The van der Waals surface area contributed by atoms with E-state index in [2.05, 4.69) is 15.7 Å². The molecule has 2 aliphatic heterocycles. The van der Waals surface area contributed by atoms with Crippen LogP contribution in [0.15, 0.2) is 52.8 Å².